The number of Topliss-reactive ketones (excluding diaryl/α,β-unsaturated/α-hetero) is 1. The highest BCUT2D eigenvalue weighted by Crippen LogP contribution is 2.18. The molecule has 0 bridgehead atoms. The summed E-state index contributed by atoms with van der Waals surface area (Å²) in [6, 6.07) is 23.6. The lowest BCUT2D eigenvalue weighted by Crippen LogP contribution is -2.36. The second kappa shape index (κ2) is 12.8. The van der Waals surface area contributed by atoms with E-state index in [9.17, 15) is 14.7 Å². The van der Waals surface area contributed by atoms with E-state index >= 15 is 0 Å². The zero-order valence-corrected chi connectivity index (χ0v) is 20.8. The minimum Gasteiger partial charge on any atom is -0.445 e. The van der Waals surface area contributed by atoms with Gasteiger partial charge < -0.3 is 9.84 Å². The summed E-state index contributed by atoms with van der Waals surface area (Å²) in [6.45, 7) is -0.340. The molecule has 0 aliphatic carbocycles. The average Bonchev–Trinajstić information content (AvgIpc) is 2.93. The fraction of sp³-hybridized carbons (Fsp3) is 0.172. The molecule has 188 valence electrons. The molecule has 4 aromatic rings. The number of carbonyl (C=O) groups excluding carboxylic acids is 2. The van der Waals surface area contributed by atoms with E-state index in [1.807, 2.05) is 54.6 Å². The molecule has 0 aliphatic rings. The lowest BCUT2D eigenvalue weighted by Gasteiger charge is -2.22. The van der Waals surface area contributed by atoms with Gasteiger partial charge in [-0.25, -0.2) is 9.78 Å². The first-order valence-corrected chi connectivity index (χ1v) is 12.1. The molecule has 4 rings (SSSR count). The molecule has 0 radical (unpaired) electrons. The number of halogens is 1. The van der Waals surface area contributed by atoms with E-state index in [-0.39, 0.29) is 37.2 Å². The Morgan fingerprint density at radius 2 is 1.62 bits per heavy atom. The second-order valence-electron chi connectivity index (χ2n) is 8.47. The number of hydrogen-bond donors (Lipinski definition) is 1. The normalized spacial score (nSPS) is 10.6. The number of pyridine rings is 2. The van der Waals surface area contributed by atoms with Gasteiger partial charge in [-0.1, -0.05) is 60.1 Å². The average molecular weight is 516 g/mol. The van der Waals surface area contributed by atoms with E-state index in [0.29, 0.717) is 23.1 Å². The van der Waals surface area contributed by atoms with Crippen LogP contribution in [0.2, 0.25) is 5.15 Å². The molecule has 1 amide bonds. The van der Waals surface area contributed by atoms with Crippen LogP contribution in [0.15, 0.2) is 91.3 Å². The summed E-state index contributed by atoms with van der Waals surface area (Å²) in [5.41, 5.74) is 4.08. The highest BCUT2D eigenvalue weighted by Gasteiger charge is 2.22. The van der Waals surface area contributed by atoms with Crippen molar-refractivity contribution in [2.24, 2.45) is 0 Å². The predicted octanol–water partition coefficient (Wildman–Crippen LogP) is 5.23. The number of benzene rings is 2. The Hall–Kier alpha value is -4.07. The quantitative estimate of drug-likeness (QED) is 0.229. The predicted molar refractivity (Wildman–Crippen MR) is 140 cm³/mol. The van der Waals surface area contributed by atoms with Gasteiger partial charge in [-0.15, -0.1) is 0 Å². The van der Waals surface area contributed by atoms with Gasteiger partial charge >= 0.3 is 6.09 Å². The van der Waals surface area contributed by atoms with Crippen molar-refractivity contribution in [3.05, 3.63) is 130 Å². The Labute approximate surface area is 220 Å². The van der Waals surface area contributed by atoms with Gasteiger partial charge in [0, 0.05) is 35.6 Å². The van der Waals surface area contributed by atoms with E-state index in [2.05, 4.69) is 9.97 Å². The number of rotatable bonds is 10. The van der Waals surface area contributed by atoms with Gasteiger partial charge in [0.25, 0.3) is 0 Å². The van der Waals surface area contributed by atoms with Crippen LogP contribution in [-0.4, -0.2) is 38.4 Å². The van der Waals surface area contributed by atoms with Crippen molar-refractivity contribution in [3.8, 4) is 0 Å². The van der Waals surface area contributed by atoms with Gasteiger partial charge in [-0.3, -0.25) is 14.7 Å². The molecule has 8 heteroatoms. The summed E-state index contributed by atoms with van der Waals surface area (Å²) in [4.78, 5) is 36.2. The van der Waals surface area contributed by atoms with Gasteiger partial charge in [-0.05, 0) is 47.0 Å². The van der Waals surface area contributed by atoms with Crippen molar-refractivity contribution in [1.82, 2.24) is 14.9 Å². The molecule has 37 heavy (non-hydrogen) atoms. The number of aliphatic hydroxyl groups is 1. The van der Waals surface area contributed by atoms with Crippen LogP contribution >= 0.6 is 11.6 Å². The molecule has 7 nitrogen and oxygen atoms in total. The van der Waals surface area contributed by atoms with Crippen molar-refractivity contribution in [3.63, 3.8) is 0 Å². The molecule has 0 fully saturated rings. The third kappa shape index (κ3) is 7.46. The fourth-order valence-corrected chi connectivity index (χ4v) is 4.01. The third-order valence-electron chi connectivity index (χ3n) is 5.66. The molecular weight excluding hydrogens is 490 g/mol. The molecule has 0 saturated carbocycles. The van der Waals surface area contributed by atoms with E-state index in [0.717, 1.165) is 16.8 Å². The van der Waals surface area contributed by atoms with Crippen LogP contribution in [0.1, 0.15) is 38.3 Å². The standard InChI is InChI=1S/C29H26ClN3O4/c30-28-24(9-6-12-32-28)17-33(29(36)37-20-21-7-2-1-3-8-21)18-27(35)25-14-22(13-23(15-25)19-34)16-26-10-4-5-11-31-26/h1-15,34H,16-20H2. The highest BCUT2D eigenvalue weighted by molar-refractivity contribution is 6.30. The highest BCUT2D eigenvalue weighted by atomic mass is 35.5. The number of hydrogen-bond acceptors (Lipinski definition) is 6. The van der Waals surface area contributed by atoms with Gasteiger partial charge in [-0.2, -0.15) is 0 Å². The summed E-state index contributed by atoms with van der Waals surface area (Å²) in [7, 11) is 0. The molecule has 0 saturated heterocycles. The van der Waals surface area contributed by atoms with Crippen molar-refractivity contribution in [2.45, 2.75) is 26.2 Å². The first kappa shape index (κ1) is 26.0. The van der Waals surface area contributed by atoms with Crippen LogP contribution in [0.3, 0.4) is 0 Å². The van der Waals surface area contributed by atoms with Crippen molar-refractivity contribution >= 4 is 23.5 Å². The largest absolute Gasteiger partial charge is 0.445 e. The molecule has 0 spiro atoms. The van der Waals surface area contributed by atoms with E-state index in [1.54, 1.807) is 36.7 Å². The topological polar surface area (TPSA) is 92.6 Å². The summed E-state index contributed by atoms with van der Waals surface area (Å²) in [5.74, 6) is -0.297. The molecule has 0 unspecified atom stereocenters. The van der Waals surface area contributed by atoms with Crippen LogP contribution < -0.4 is 0 Å². The Balaban J connectivity index is 1.55. The maximum absolute atomic E-state index is 13.4. The number of amides is 1. The van der Waals surface area contributed by atoms with Crippen LogP contribution in [0.5, 0.6) is 0 Å². The Morgan fingerprint density at radius 3 is 2.35 bits per heavy atom. The number of nitrogens with zero attached hydrogens (tertiary/aromatic N) is 3. The van der Waals surface area contributed by atoms with Crippen molar-refractivity contribution in [1.29, 1.82) is 0 Å². The Bertz CT molecular complexity index is 1350. The van der Waals surface area contributed by atoms with Crippen LogP contribution in [0.4, 0.5) is 4.79 Å². The molecule has 0 atom stereocenters. The number of ketones is 1. The number of ether oxygens (including phenoxy) is 1. The number of aliphatic hydroxyl groups excluding tert-OH is 1. The number of aromatic nitrogens is 2. The zero-order chi connectivity index (χ0) is 26.0. The van der Waals surface area contributed by atoms with Crippen molar-refractivity contribution < 1.29 is 19.4 Å². The second-order valence-corrected chi connectivity index (χ2v) is 8.82. The van der Waals surface area contributed by atoms with Gasteiger partial charge in [0.2, 0.25) is 0 Å². The van der Waals surface area contributed by atoms with Gasteiger partial charge in [0.15, 0.2) is 5.78 Å². The van der Waals surface area contributed by atoms with Gasteiger partial charge in [0.05, 0.1) is 19.7 Å². The fourth-order valence-electron chi connectivity index (χ4n) is 3.83. The first-order valence-electron chi connectivity index (χ1n) is 11.7. The maximum atomic E-state index is 13.4. The van der Waals surface area contributed by atoms with E-state index < -0.39 is 6.09 Å². The zero-order valence-electron chi connectivity index (χ0n) is 20.1. The molecule has 2 heterocycles. The summed E-state index contributed by atoms with van der Waals surface area (Å²) in [5, 5.41) is 10.0. The van der Waals surface area contributed by atoms with Crippen LogP contribution in [0.25, 0.3) is 0 Å². The van der Waals surface area contributed by atoms with Gasteiger partial charge in [0.1, 0.15) is 11.8 Å². The SMILES string of the molecule is O=C(CN(Cc1cccnc1Cl)C(=O)OCc1ccccc1)c1cc(CO)cc(Cc2ccccn2)c1. The van der Waals surface area contributed by atoms with Crippen LogP contribution in [0, 0.1) is 0 Å². The number of carbonyl (C=O) groups is 2. The summed E-state index contributed by atoms with van der Waals surface area (Å²) in [6.07, 6.45) is 3.12. The van der Waals surface area contributed by atoms with Crippen molar-refractivity contribution in [2.75, 3.05) is 6.54 Å². The molecule has 2 aromatic heterocycles. The molecular formula is C29H26ClN3O4. The molecule has 2 aromatic carbocycles. The monoisotopic (exact) mass is 515 g/mol. The minimum atomic E-state index is -0.649. The van der Waals surface area contributed by atoms with E-state index in [1.165, 1.54) is 4.90 Å². The Morgan fingerprint density at radius 1 is 0.865 bits per heavy atom. The first-order chi connectivity index (χ1) is 18.0. The Kier molecular flexibility index (Phi) is 8.97. The lowest BCUT2D eigenvalue weighted by atomic mass is 9.99. The summed E-state index contributed by atoms with van der Waals surface area (Å²) < 4.78 is 5.51. The smallest absolute Gasteiger partial charge is 0.410 e. The lowest BCUT2D eigenvalue weighted by molar-refractivity contribution is 0.0787. The van der Waals surface area contributed by atoms with Crippen LogP contribution in [-0.2, 0) is 30.9 Å². The van der Waals surface area contributed by atoms with E-state index in [4.69, 9.17) is 16.3 Å². The molecule has 0 aliphatic heterocycles. The summed E-state index contributed by atoms with van der Waals surface area (Å²) >= 11 is 6.23. The third-order valence-corrected chi connectivity index (χ3v) is 6.00. The maximum Gasteiger partial charge on any atom is 0.410 e. The molecule has 1 N–H and O–H groups in total. The minimum absolute atomic E-state index is 0.0481.